The molecule has 0 heterocycles. The van der Waals surface area contributed by atoms with Crippen LogP contribution in [0.15, 0.2) is 0 Å². The van der Waals surface area contributed by atoms with Gasteiger partial charge in [0.05, 0.1) is 6.04 Å². The first-order valence-corrected chi connectivity index (χ1v) is 8.67. The number of nitrogens with two attached hydrogens (primary N) is 3. The molecule has 0 bridgehead atoms. The molecule has 9 N–H and O–H groups in total. The molecule has 0 radical (unpaired) electrons. The van der Waals surface area contributed by atoms with Gasteiger partial charge in [0.2, 0.25) is 17.7 Å². The third kappa shape index (κ3) is 9.33. The highest BCUT2D eigenvalue weighted by Gasteiger charge is 2.28. The van der Waals surface area contributed by atoms with Crippen molar-refractivity contribution < 1.29 is 24.3 Å². The van der Waals surface area contributed by atoms with Crippen LogP contribution in [0.3, 0.4) is 0 Å². The van der Waals surface area contributed by atoms with Gasteiger partial charge in [-0.3, -0.25) is 14.4 Å². The van der Waals surface area contributed by atoms with Crippen LogP contribution in [0.5, 0.6) is 0 Å². The zero-order valence-corrected chi connectivity index (χ0v) is 15.4. The van der Waals surface area contributed by atoms with E-state index in [9.17, 15) is 24.3 Å². The molecule has 3 atom stereocenters. The lowest BCUT2D eigenvalue weighted by atomic mass is 10.0. The Morgan fingerprint density at radius 2 is 1.54 bits per heavy atom. The Morgan fingerprint density at radius 3 is 2.00 bits per heavy atom. The van der Waals surface area contributed by atoms with E-state index in [0.717, 1.165) is 0 Å². The lowest BCUT2D eigenvalue weighted by molar-refractivity contribution is -0.142. The van der Waals surface area contributed by atoms with Gasteiger partial charge in [-0.1, -0.05) is 13.8 Å². The maximum Gasteiger partial charge on any atom is 0.326 e. The van der Waals surface area contributed by atoms with Gasteiger partial charge < -0.3 is 32.9 Å². The second-order valence-corrected chi connectivity index (χ2v) is 6.52. The summed E-state index contributed by atoms with van der Waals surface area (Å²) in [5.74, 6) is -3.23. The van der Waals surface area contributed by atoms with Gasteiger partial charge in [-0.05, 0) is 38.1 Å². The maximum atomic E-state index is 12.4. The molecule has 0 saturated heterocycles. The summed E-state index contributed by atoms with van der Waals surface area (Å²) in [6.07, 6.45) is 1.18. The Morgan fingerprint density at radius 1 is 0.962 bits per heavy atom. The summed E-state index contributed by atoms with van der Waals surface area (Å²) in [5, 5.41) is 14.1. The number of carbonyl (C=O) groups is 4. The van der Waals surface area contributed by atoms with Crippen molar-refractivity contribution in [2.24, 2.45) is 23.1 Å². The average molecular weight is 373 g/mol. The molecule has 0 aliphatic carbocycles. The van der Waals surface area contributed by atoms with E-state index in [-0.39, 0.29) is 25.2 Å². The number of unbranched alkanes of at least 4 members (excludes halogenated alkanes) is 1. The summed E-state index contributed by atoms with van der Waals surface area (Å²) < 4.78 is 0. The lowest BCUT2D eigenvalue weighted by Crippen LogP contribution is -2.55. The number of aliphatic carboxylic acids is 1. The van der Waals surface area contributed by atoms with Crippen LogP contribution in [0.1, 0.15) is 46.0 Å². The fraction of sp³-hybridized carbons (Fsp3) is 0.750. The van der Waals surface area contributed by atoms with E-state index in [2.05, 4.69) is 10.6 Å². The van der Waals surface area contributed by atoms with Crippen LogP contribution in [0.4, 0.5) is 0 Å². The van der Waals surface area contributed by atoms with Crippen molar-refractivity contribution in [2.75, 3.05) is 6.54 Å². The quantitative estimate of drug-likeness (QED) is 0.210. The van der Waals surface area contributed by atoms with Gasteiger partial charge in [-0.2, -0.15) is 0 Å². The zero-order chi connectivity index (χ0) is 20.3. The molecule has 0 saturated carbocycles. The van der Waals surface area contributed by atoms with Gasteiger partial charge in [0, 0.05) is 6.42 Å². The van der Waals surface area contributed by atoms with E-state index in [1.165, 1.54) is 0 Å². The topological polar surface area (TPSA) is 191 Å². The lowest BCUT2D eigenvalue weighted by Gasteiger charge is -2.23. The third-order valence-corrected chi connectivity index (χ3v) is 3.89. The summed E-state index contributed by atoms with van der Waals surface area (Å²) in [5.41, 5.74) is 16.2. The Labute approximate surface area is 153 Å². The normalized spacial score (nSPS) is 14.3. The molecular formula is C16H31N5O5. The Kier molecular flexibility index (Phi) is 11.2. The number of rotatable bonds is 13. The van der Waals surface area contributed by atoms with Gasteiger partial charge >= 0.3 is 5.97 Å². The molecule has 0 unspecified atom stereocenters. The smallest absolute Gasteiger partial charge is 0.326 e. The first-order valence-electron chi connectivity index (χ1n) is 8.67. The highest BCUT2D eigenvalue weighted by atomic mass is 16.4. The highest BCUT2D eigenvalue weighted by Crippen LogP contribution is 2.05. The summed E-state index contributed by atoms with van der Waals surface area (Å²) in [6, 6.07) is -3.05. The molecule has 0 aliphatic heterocycles. The summed E-state index contributed by atoms with van der Waals surface area (Å²) in [4.78, 5) is 46.9. The number of nitrogens with one attached hydrogen (secondary N) is 2. The van der Waals surface area contributed by atoms with Crippen LogP contribution in [0, 0.1) is 5.92 Å². The minimum Gasteiger partial charge on any atom is -0.480 e. The Balaban J connectivity index is 5.02. The molecule has 10 nitrogen and oxygen atoms in total. The summed E-state index contributed by atoms with van der Waals surface area (Å²) in [6.45, 7) is 3.92. The average Bonchev–Trinajstić information content (AvgIpc) is 2.56. The molecule has 0 fully saturated rings. The Hall–Kier alpha value is -2.20. The number of carboxylic acids is 1. The van der Waals surface area contributed by atoms with Gasteiger partial charge in [0.25, 0.3) is 0 Å². The van der Waals surface area contributed by atoms with E-state index in [1.807, 2.05) is 0 Å². The number of hydrogen-bond acceptors (Lipinski definition) is 6. The van der Waals surface area contributed by atoms with Crippen LogP contribution in [-0.2, 0) is 19.2 Å². The number of carbonyl (C=O) groups excluding carboxylic acids is 3. The van der Waals surface area contributed by atoms with Crippen LogP contribution in [-0.4, -0.2) is 53.5 Å². The molecule has 0 aliphatic rings. The first-order chi connectivity index (χ1) is 12.1. The number of amides is 3. The van der Waals surface area contributed by atoms with Crippen LogP contribution >= 0.6 is 0 Å². The molecular weight excluding hydrogens is 342 g/mol. The van der Waals surface area contributed by atoms with Crippen molar-refractivity contribution in [3.05, 3.63) is 0 Å². The van der Waals surface area contributed by atoms with E-state index in [1.54, 1.807) is 13.8 Å². The van der Waals surface area contributed by atoms with Gasteiger partial charge in [0.1, 0.15) is 12.1 Å². The van der Waals surface area contributed by atoms with Crippen molar-refractivity contribution in [3.63, 3.8) is 0 Å². The van der Waals surface area contributed by atoms with Crippen LogP contribution in [0.2, 0.25) is 0 Å². The van der Waals surface area contributed by atoms with E-state index >= 15 is 0 Å². The largest absolute Gasteiger partial charge is 0.480 e. The number of carboxylic acid groups (broad SMARTS) is 1. The van der Waals surface area contributed by atoms with Crippen molar-refractivity contribution in [1.29, 1.82) is 0 Å². The standard InChI is InChI=1S/C16H31N5O5/c1-9(2)13(19)15(24)20-10(6-7-12(18)22)14(23)21-11(16(25)26)5-3-4-8-17/h9-11,13H,3-8,17,19H2,1-2H3,(H2,18,22)(H,20,24)(H,21,23)(H,25,26)/t10-,11-,13-/m0/s1. The summed E-state index contributed by atoms with van der Waals surface area (Å²) in [7, 11) is 0. The van der Waals surface area contributed by atoms with Gasteiger partial charge in [-0.25, -0.2) is 4.79 Å². The predicted molar refractivity (Wildman–Crippen MR) is 95.6 cm³/mol. The van der Waals surface area contributed by atoms with E-state index < -0.39 is 41.8 Å². The fourth-order valence-corrected chi connectivity index (χ4v) is 2.15. The molecule has 0 rings (SSSR count). The van der Waals surface area contributed by atoms with Crippen molar-refractivity contribution in [1.82, 2.24) is 10.6 Å². The molecule has 10 heteroatoms. The van der Waals surface area contributed by atoms with Crippen LogP contribution < -0.4 is 27.8 Å². The zero-order valence-electron chi connectivity index (χ0n) is 15.4. The molecule has 150 valence electrons. The van der Waals surface area contributed by atoms with E-state index in [4.69, 9.17) is 17.2 Å². The predicted octanol–water partition coefficient (Wildman–Crippen LogP) is -1.58. The summed E-state index contributed by atoms with van der Waals surface area (Å²) >= 11 is 0. The molecule has 3 amide bonds. The fourth-order valence-electron chi connectivity index (χ4n) is 2.15. The maximum absolute atomic E-state index is 12.4. The third-order valence-electron chi connectivity index (χ3n) is 3.89. The molecule has 0 aromatic heterocycles. The minimum atomic E-state index is -1.19. The van der Waals surface area contributed by atoms with Crippen molar-refractivity contribution >= 4 is 23.7 Å². The van der Waals surface area contributed by atoms with E-state index in [0.29, 0.717) is 19.4 Å². The SMILES string of the molecule is CC(C)[C@H](N)C(=O)N[C@@H](CCC(N)=O)C(=O)N[C@@H](CCCCN)C(=O)O. The molecule has 26 heavy (non-hydrogen) atoms. The van der Waals surface area contributed by atoms with Gasteiger partial charge in [0.15, 0.2) is 0 Å². The number of primary amides is 1. The van der Waals surface area contributed by atoms with Gasteiger partial charge in [-0.15, -0.1) is 0 Å². The molecule has 0 aromatic carbocycles. The first kappa shape index (κ1) is 23.8. The second-order valence-electron chi connectivity index (χ2n) is 6.52. The Bertz CT molecular complexity index is 497. The van der Waals surface area contributed by atoms with Crippen molar-refractivity contribution in [3.8, 4) is 0 Å². The van der Waals surface area contributed by atoms with Crippen LogP contribution in [0.25, 0.3) is 0 Å². The van der Waals surface area contributed by atoms with Crippen molar-refractivity contribution in [2.45, 2.75) is 64.1 Å². The number of hydrogen-bond donors (Lipinski definition) is 6. The second kappa shape index (κ2) is 12.2. The monoisotopic (exact) mass is 373 g/mol. The molecule has 0 spiro atoms. The minimum absolute atomic E-state index is 0.0487. The highest BCUT2D eigenvalue weighted by molar-refractivity contribution is 5.92. The molecule has 0 aromatic rings.